The number of ether oxygens (including phenoxy) is 4. The molecule has 0 bridgehead atoms. The Morgan fingerprint density at radius 1 is 0.581 bits per heavy atom. The quantitative estimate of drug-likeness (QED) is 0.157. The number of carbonyl (C=O) groups is 4. The molecule has 4 aromatic carbocycles. The molecule has 0 aliphatic heterocycles. The van der Waals surface area contributed by atoms with Crippen LogP contribution in [-0.4, -0.2) is 37.0 Å². The van der Waals surface area contributed by atoms with E-state index in [4.69, 9.17) is 18.9 Å². The van der Waals surface area contributed by atoms with Gasteiger partial charge in [0.2, 0.25) is 0 Å². The van der Waals surface area contributed by atoms with Gasteiger partial charge in [0.1, 0.15) is 23.0 Å². The molecule has 0 atom stereocenters. The molecule has 0 spiro atoms. The van der Waals surface area contributed by atoms with E-state index in [-0.39, 0.29) is 5.57 Å². The van der Waals surface area contributed by atoms with Gasteiger partial charge in [-0.25, -0.2) is 9.59 Å². The van der Waals surface area contributed by atoms with Gasteiger partial charge in [-0.3, -0.25) is 9.59 Å². The van der Waals surface area contributed by atoms with Crippen molar-refractivity contribution in [2.75, 3.05) is 23.8 Å². The van der Waals surface area contributed by atoms with Crippen molar-refractivity contribution in [3.05, 3.63) is 121 Å². The molecule has 0 saturated heterocycles. The zero-order valence-corrected chi connectivity index (χ0v) is 23.1. The second-order valence-corrected chi connectivity index (χ2v) is 8.99. The number of anilines is 2. The molecule has 0 aliphatic rings. The minimum atomic E-state index is -0.926. The molecule has 0 saturated carbocycles. The molecule has 2 amide bonds. The Morgan fingerprint density at radius 2 is 1.02 bits per heavy atom. The summed E-state index contributed by atoms with van der Waals surface area (Å²) in [5.41, 5.74) is 0.778. The Balaban J connectivity index is 1.18. The predicted octanol–water partition coefficient (Wildman–Crippen LogP) is 5.88. The maximum Gasteiger partial charge on any atom is 0.334 e. The summed E-state index contributed by atoms with van der Waals surface area (Å²) in [6.07, 6.45) is 0.881. The molecule has 10 nitrogen and oxygen atoms in total. The molecular formula is C33H28N2O8. The number of benzene rings is 4. The van der Waals surface area contributed by atoms with E-state index in [1.165, 1.54) is 6.92 Å². The van der Waals surface area contributed by atoms with Gasteiger partial charge in [-0.05, 0) is 55.5 Å². The molecule has 0 aromatic heterocycles. The average molecular weight is 581 g/mol. The number of hydrogen-bond donors (Lipinski definition) is 2. The van der Waals surface area contributed by atoms with Crippen LogP contribution in [0.1, 0.15) is 6.92 Å². The molecule has 43 heavy (non-hydrogen) atoms. The summed E-state index contributed by atoms with van der Waals surface area (Å²) < 4.78 is 21.4. The van der Waals surface area contributed by atoms with E-state index in [1.807, 2.05) is 36.4 Å². The molecule has 0 fully saturated rings. The lowest BCUT2D eigenvalue weighted by atomic mass is 10.3. The largest absolute Gasteiger partial charge is 0.457 e. The second kappa shape index (κ2) is 15.2. The minimum absolute atomic E-state index is 0.109. The molecule has 0 aliphatic carbocycles. The zero-order valence-electron chi connectivity index (χ0n) is 23.1. The monoisotopic (exact) mass is 580 g/mol. The Morgan fingerprint density at radius 3 is 1.51 bits per heavy atom. The second-order valence-electron chi connectivity index (χ2n) is 8.99. The molecule has 10 heteroatoms. The first-order valence-corrected chi connectivity index (χ1v) is 13.1. The van der Waals surface area contributed by atoms with Crippen molar-refractivity contribution in [1.29, 1.82) is 0 Å². The molecular weight excluding hydrogens is 552 g/mol. The first kappa shape index (κ1) is 30.1. The van der Waals surface area contributed by atoms with Crippen LogP contribution in [0, 0.1) is 0 Å². The summed E-state index contributed by atoms with van der Waals surface area (Å²) in [6, 6.07) is 31.7. The van der Waals surface area contributed by atoms with E-state index in [0.717, 1.165) is 6.08 Å². The van der Waals surface area contributed by atoms with Gasteiger partial charge < -0.3 is 29.6 Å². The number of amides is 2. The highest BCUT2D eigenvalue weighted by Gasteiger charge is 2.13. The van der Waals surface area contributed by atoms with Gasteiger partial charge in [-0.15, -0.1) is 0 Å². The number of carbonyl (C=O) groups excluding carboxylic acids is 4. The molecule has 2 N–H and O–H groups in total. The number of rotatable bonds is 12. The standard InChI is InChI=1S/C33H28N2O8/c1-23(33(39)41-22-31(37)35-25-11-9-17-29(20-25)43-27-14-6-3-7-15-27)18-32(38)40-21-30(36)34-24-10-8-16-28(19-24)42-26-12-4-2-5-13-26/h2-20H,21-22H2,1H3,(H,34,36)(H,35,37)/b23-18+. The summed E-state index contributed by atoms with van der Waals surface area (Å²) in [5, 5.41) is 5.22. The number of esters is 2. The topological polar surface area (TPSA) is 129 Å². The Bertz CT molecular complexity index is 1600. The van der Waals surface area contributed by atoms with Crippen molar-refractivity contribution in [3.8, 4) is 23.0 Å². The fraction of sp³-hybridized carbons (Fsp3) is 0.0909. The van der Waals surface area contributed by atoms with Crippen molar-refractivity contribution >= 4 is 35.1 Å². The van der Waals surface area contributed by atoms with E-state index in [1.54, 1.807) is 72.8 Å². The summed E-state index contributed by atoms with van der Waals surface area (Å²) in [7, 11) is 0. The Hall–Kier alpha value is -5.90. The summed E-state index contributed by atoms with van der Waals surface area (Å²) in [5.74, 6) is -0.695. The molecule has 0 radical (unpaired) electrons. The number of hydrogen-bond acceptors (Lipinski definition) is 8. The maximum atomic E-state index is 12.3. The van der Waals surface area contributed by atoms with Gasteiger partial charge in [-0.2, -0.15) is 0 Å². The fourth-order valence-corrected chi connectivity index (χ4v) is 3.58. The molecule has 4 aromatic rings. The highest BCUT2D eigenvalue weighted by Crippen LogP contribution is 2.25. The van der Waals surface area contributed by atoms with Gasteiger partial charge in [0.15, 0.2) is 13.2 Å². The Labute approximate surface area is 247 Å². The van der Waals surface area contributed by atoms with E-state index >= 15 is 0 Å². The molecule has 0 unspecified atom stereocenters. The van der Waals surface area contributed by atoms with Gasteiger partial charge in [0.25, 0.3) is 11.8 Å². The summed E-state index contributed by atoms with van der Waals surface area (Å²) in [6.45, 7) is 0.152. The van der Waals surface area contributed by atoms with Gasteiger partial charge in [-0.1, -0.05) is 48.5 Å². The van der Waals surface area contributed by atoms with Crippen LogP contribution in [0.3, 0.4) is 0 Å². The van der Waals surface area contributed by atoms with Crippen LogP contribution < -0.4 is 20.1 Å². The van der Waals surface area contributed by atoms with Gasteiger partial charge >= 0.3 is 11.9 Å². The van der Waals surface area contributed by atoms with Crippen LogP contribution in [0.4, 0.5) is 11.4 Å². The molecule has 0 heterocycles. The third-order valence-corrected chi connectivity index (χ3v) is 5.53. The lowest BCUT2D eigenvalue weighted by Crippen LogP contribution is -2.22. The number of nitrogens with one attached hydrogen (secondary N) is 2. The lowest BCUT2D eigenvalue weighted by Gasteiger charge is -2.10. The average Bonchev–Trinajstić information content (AvgIpc) is 3.00. The van der Waals surface area contributed by atoms with Crippen LogP contribution in [0.5, 0.6) is 23.0 Å². The predicted molar refractivity (Wildman–Crippen MR) is 159 cm³/mol. The van der Waals surface area contributed by atoms with E-state index in [9.17, 15) is 19.2 Å². The summed E-state index contributed by atoms with van der Waals surface area (Å²) >= 11 is 0. The molecule has 218 valence electrons. The highest BCUT2D eigenvalue weighted by atomic mass is 16.5. The first-order chi connectivity index (χ1) is 20.8. The number of para-hydroxylation sites is 2. The third kappa shape index (κ3) is 10.2. The first-order valence-electron chi connectivity index (χ1n) is 13.1. The van der Waals surface area contributed by atoms with Crippen molar-refractivity contribution in [2.45, 2.75) is 6.92 Å². The van der Waals surface area contributed by atoms with Gasteiger partial charge in [0, 0.05) is 35.2 Å². The lowest BCUT2D eigenvalue weighted by molar-refractivity contribution is -0.144. The van der Waals surface area contributed by atoms with E-state index < -0.39 is 37.0 Å². The van der Waals surface area contributed by atoms with Crippen LogP contribution in [0.15, 0.2) is 121 Å². The van der Waals surface area contributed by atoms with Gasteiger partial charge in [0.05, 0.1) is 0 Å². The van der Waals surface area contributed by atoms with E-state index in [0.29, 0.717) is 34.4 Å². The maximum absolute atomic E-state index is 12.3. The molecule has 4 rings (SSSR count). The SMILES string of the molecule is C/C(=C\C(=O)OCC(=O)Nc1cccc(Oc2ccccc2)c1)C(=O)OCC(=O)Nc1cccc(Oc2ccccc2)c1. The highest BCUT2D eigenvalue weighted by molar-refractivity contribution is 5.99. The van der Waals surface area contributed by atoms with Crippen molar-refractivity contribution < 1.29 is 38.1 Å². The minimum Gasteiger partial charge on any atom is -0.457 e. The Kier molecular flexibility index (Phi) is 10.6. The van der Waals surface area contributed by atoms with Crippen LogP contribution in [-0.2, 0) is 28.7 Å². The summed E-state index contributed by atoms with van der Waals surface area (Å²) in [4.78, 5) is 48.9. The normalized spacial score (nSPS) is 10.7. The van der Waals surface area contributed by atoms with E-state index in [2.05, 4.69) is 10.6 Å². The third-order valence-electron chi connectivity index (χ3n) is 5.53. The van der Waals surface area contributed by atoms with Crippen molar-refractivity contribution in [1.82, 2.24) is 0 Å². The van der Waals surface area contributed by atoms with Crippen LogP contribution in [0.2, 0.25) is 0 Å². The zero-order chi connectivity index (χ0) is 30.4. The van der Waals surface area contributed by atoms with Crippen LogP contribution >= 0.6 is 0 Å². The smallest absolute Gasteiger partial charge is 0.334 e. The van der Waals surface area contributed by atoms with Crippen molar-refractivity contribution in [3.63, 3.8) is 0 Å². The van der Waals surface area contributed by atoms with Crippen molar-refractivity contribution in [2.24, 2.45) is 0 Å². The van der Waals surface area contributed by atoms with Crippen LogP contribution in [0.25, 0.3) is 0 Å². The fourth-order valence-electron chi connectivity index (χ4n) is 3.58.